The third-order valence-corrected chi connectivity index (χ3v) is 15.5. The number of nitrogens with zero attached hydrogens (tertiary/aromatic N) is 6. The maximum absolute atomic E-state index is 13.4. The Bertz CT molecular complexity index is 3710. The summed E-state index contributed by atoms with van der Waals surface area (Å²) >= 11 is 11.9. The standard InChI is InChI=1S/2C26H25ClFN5O5S/c2*1-4-29-24(34)15(2)13-33-14-31-21-7-5-16(9-19(21)26(33)35)17-10-22(25(38-3)30-12-17)32-39(36,37)23-8-6-18(28)11-20(23)27/h2*5-12,14-15,32H,4,13H2,1-3H3,(H,29,34)/t2*15-/m10/s1. The molecule has 0 saturated heterocycles. The highest BCUT2D eigenvalue weighted by molar-refractivity contribution is 7.93. The third kappa shape index (κ3) is 13.2. The van der Waals surface area contributed by atoms with Crippen LogP contribution in [0.2, 0.25) is 10.0 Å². The number of halogens is 4. The van der Waals surface area contributed by atoms with Crippen LogP contribution in [-0.2, 0) is 42.7 Å². The van der Waals surface area contributed by atoms with Gasteiger partial charge in [0.05, 0.1) is 70.6 Å². The summed E-state index contributed by atoms with van der Waals surface area (Å²) < 4.78 is 96.9. The van der Waals surface area contributed by atoms with Crippen LogP contribution in [0.15, 0.2) is 129 Å². The van der Waals surface area contributed by atoms with E-state index in [0.29, 0.717) is 57.1 Å². The summed E-state index contributed by atoms with van der Waals surface area (Å²) in [7, 11) is -5.79. The largest absolute Gasteiger partial charge is 0.480 e. The van der Waals surface area contributed by atoms with Gasteiger partial charge in [0, 0.05) is 49.7 Å². The number of ether oxygens (including phenoxy) is 2. The normalized spacial score (nSPS) is 12.2. The molecule has 8 rings (SSSR count). The van der Waals surface area contributed by atoms with Crippen LogP contribution in [0.3, 0.4) is 0 Å². The fourth-order valence-corrected chi connectivity index (χ4v) is 11.0. The highest BCUT2D eigenvalue weighted by Crippen LogP contribution is 2.34. The Morgan fingerprint density at radius 1 is 0.577 bits per heavy atom. The minimum Gasteiger partial charge on any atom is -0.480 e. The molecular weight excluding hydrogens is 1100 g/mol. The third-order valence-electron chi connectivity index (χ3n) is 11.8. The van der Waals surface area contributed by atoms with Gasteiger partial charge in [0.1, 0.15) is 32.8 Å². The van der Waals surface area contributed by atoms with Crippen molar-refractivity contribution >= 4 is 88.2 Å². The molecule has 0 unspecified atom stereocenters. The lowest BCUT2D eigenvalue weighted by Crippen LogP contribution is -2.34. The van der Waals surface area contributed by atoms with Crippen LogP contribution in [-0.4, -0.2) is 85.0 Å². The van der Waals surface area contributed by atoms with Gasteiger partial charge in [-0.25, -0.2) is 45.6 Å². The van der Waals surface area contributed by atoms with E-state index < -0.39 is 43.5 Å². The quantitative estimate of drug-likeness (QED) is 0.0643. The lowest BCUT2D eigenvalue weighted by Gasteiger charge is -2.14. The average molecular weight is 1150 g/mol. The molecule has 0 saturated carbocycles. The Balaban J connectivity index is 0.000000226. The summed E-state index contributed by atoms with van der Waals surface area (Å²) in [6, 6.07) is 18.9. The molecule has 0 bridgehead atoms. The predicted octanol–water partition coefficient (Wildman–Crippen LogP) is 7.67. The van der Waals surface area contributed by atoms with E-state index in [0.717, 1.165) is 36.4 Å². The van der Waals surface area contributed by atoms with Crippen molar-refractivity contribution in [1.82, 2.24) is 39.7 Å². The summed E-state index contributed by atoms with van der Waals surface area (Å²) in [5, 5.41) is 5.52. The van der Waals surface area contributed by atoms with Crippen LogP contribution in [0.4, 0.5) is 20.2 Å². The Labute approximate surface area is 455 Å². The SMILES string of the molecule is CCNC(=O)[C@@H](C)Cn1cnc2ccc(-c3cnc(OC)c(NS(=O)(=O)c4ccc(F)cc4Cl)c3)cc2c1=O.CCNC(=O)[C@H](C)Cn1cnc2ccc(-c3cnc(OC)c(NS(=O)(=O)c4ccc(F)cc4Cl)c3)cc2c1=O. The van der Waals surface area contributed by atoms with Crippen LogP contribution in [0, 0.1) is 23.5 Å². The molecule has 20 nitrogen and oxygen atoms in total. The fraction of sp³-hybridized carbons (Fsp3) is 0.231. The van der Waals surface area contributed by atoms with Gasteiger partial charge < -0.3 is 20.1 Å². The molecule has 8 aromatic rings. The molecule has 0 aliphatic heterocycles. The van der Waals surface area contributed by atoms with Crippen molar-refractivity contribution < 1.29 is 44.7 Å². The number of amides is 2. The smallest absolute Gasteiger partial charge is 0.263 e. The summed E-state index contributed by atoms with van der Waals surface area (Å²) in [5.41, 5.74) is 2.36. The number of anilines is 2. The molecule has 0 spiro atoms. The van der Waals surface area contributed by atoms with Gasteiger partial charge in [-0.05, 0) is 97.8 Å². The van der Waals surface area contributed by atoms with Crippen molar-refractivity contribution in [2.24, 2.45) is 11.8 Å². The van der Waals surface area contributed by atoms with Gasteiger partial charge in [-0.1, -0.05) is 49.2 Å². The maximum atomic E-state index is 13.4. The molecule has 4 heterocycles. The predicted molar refractivity (Wildman–Crippen MR) is 292 cm³/mol. The highest BCUT2D eigenvalue weighted by atomic mass is 35.5. The lowest BCUT2D eigenvalue weighted by atomic mass is 10.0. The number of rotatable bonds is 18. The van der Waals surface area contributed by atoms with Gasteiger partial charge in [0.2, 0.25) is 23.6 Å². The number of carbonyl (C=O) groups is 2. The molecule has 408 valence electrons. The molecule has 0 radical (unpaired) electrons. The maximum Gasteiger partial charge on any atom is 0.263 e. The molecular formula is C52H50Cl2F2N10O10S2. The first kappa shape index (κ1) is 57.6. The van der Waals surface area contributed by atoms with Crippen LogP contribution in [0.25, 0.3) is 44.1 Å². The Hall–Kier alpha value is -8.06. The Morgan fingerprint density at radius 2 is 0.962 bits per heavy atom. The molecule has 2 amide bonds. The van der Waals surface area contributed by atoms with Crippen LogP contribution < -0.4 is 40.7 Å². The van der Waals surface area contributed by atoms with E-state index in [9.17, 15) is 44.8 Å². The van der Waals surface area contributed by atoms with E-state index in [1.165, 1.54) is 60.5 Å². The van der Waals surface area contributed by atoms with Gasteiger partial charge in [-0.2, -0.15) is 0 Å². The summed E-state index contributed by atoms with van der Waals surface area (Å²) in [4.78, 5) is 67.1. The number of aromatic nitrogens is 6. The van der Waals surface area contributed by atoms with Crippen LogP contribution in [0.1, 0.15) is 27.7 Å². The van der Waals surface area contributed by atoms with E-state index >= 15 is 0 Å². The number of hydrogen-bond acceptors (Lipinski definition) is 14. The summed E-state index contributed by atoms with van der Waals surface area (Å²) in [6.45, 7) is 8.37. The van der Waals surface area contributed by atoms with Crippen molar-refractivity contribution in [2.45, 2.75) is 50.6 Å². The van der Waals surface area contributed by atoms with Gasteiger partial charge in [-0.15, -0.1) is 0 Å². The van der Waals surface area contributed by atoms with Crippen molar-refractivity contribution in [3.05, 3.63) is 152 Å². The van der Waals surface area contributed by atoms with E-state index in [1.807, 2.05) is 13.8 Å². The Kier molecular flexibility index (Phi) is 18.1. The van der Waals surface area contributed by atoms with Crippen molar-refractivity contribution in [3.63, 3.8) is 0 Å². The second-order valence-corrected chi connectivity index (χ2v) is 21.5. The van der Waals surface area contributed by atoms with Gasteiger partial charge in [0.25, 0.3) is 31.2 Å². The zero-order chi connectivity index (χ0) is 56.6. The zero-order valence-electron chi connectivity index (χ0n) is 42.5. The number of hydrogen-bond donors (Lipinski definition) is 4. The fourth-order valence-electron chi connectivity index (χ4n) is 7.87. The first-order chi connectivity index (χ1) is 37.1. The highest BCUT2D eigenvalue weighted by Gasteiger charge is 2.24. The van der Waals surface area contributed by atoms with Crippen LogP contribution in [0.5, 0.6) is 11.8 Å². The lowest BCUT2D eigenvalue weighted by molar-refractivity contribution is -0.125. The molecule has 4 aromatic carbocycles. The minimum atomic E-state index is -4.23. The van der Waals surface area contributed by atoms with Crippen molar-refractivity contribution in [1.29, 1.82) is 0 Å². The van der Waals surface area contributed by atoms with Crippen molar-refractivity contribution in [3.8, 4) is 34.0 Å². The second-order valence-electron chi connectivity index (χ2n) is 17.4. The molecule has 0 fully saturated rings. The number of benzene rings is 4. The van der Waals surface area contributed by atoms with Crippen LogP contribution >= 0.6 is 23.2 Å². The molecule has 78 heavy (non-hydrogen) atoms. The first-order valence-corrected chi connectivity index (χ1v) is 27.4. The molecule has 0 aliphatic rings. The number of nitrogens with one attached hydrogen (secondary N) is 4. The minimum absolute atomic E-state index is 0.00912. The van der Waals surface area contributed by atoms with Crippen molar-refractivity contribution in [2.75, 3.05) is 36.8 Å². The summed E-state index contributed by atoms with van der Waals surface area (Å²) in [5.74, 6) is -2.59. The molecule has 0 aliphatic carbocycles. The average Bonchev–Trinajstić information content (AvgIpc) is 3.46. The number of carbonyl (C=O) groups excluding carboxylic acids is 2. The monoisotopic (exact) mass is 1150 g/mol. The molecule has 26 heteroatoms. The molecule has 2 atom stereocenters. The van der Waals surface area contributed by atoms with E-state index in [1.54, 1.807) is 50.2 Å². The second kappa shape index (κ2) is 24.5. The van der Waals surface area contributed by atoms with E-state index in [2.05, 4.69) is 40.0 Å². The Morgan fingerprint density at radius 3 is 1.31 bits per heavy atom. The number of sulfonamides is 2. The van der Waals surface area contributed by atoms with Gasteiger partial charge in [-0.3, -0.25) is 37.8 Å². The van der Waals surface area contributed by atoms with Gasteiger partial charge >= 0.3 is 0 Å². The first-order valence-electron chi connectivity index (χ1n) is 23.7. The van der Waals surface area contributed by atoms with Gasteiger partial charge in [0.15, 0.2) is 0 Å². The number of fused-ring (bicyclic) bond motifs is 2. The number of methoxy groups -OCH3 is 2. The topological polar surface area (TPSA) is 265 Å². The molecule has 4 aromatic heterocycles. The number of pyridine rings is 2. The molecule has 4 N–H and O–H groups in total. The van der Waals surface area contributed by atoms with E-state index in [-0.39, 0.29) is 79.0 Å². The van der Waals surface area contributed by atoms with E-state index in [4.69, 9.17) is 32.7 Å². The summed E-state index contributed by atoms with van der Waals surface area (Å²) in [6.07, 6.45) is 5.74. The zero-order valence-corrected chi connectivity index (χ0v) is 45.6.